The number of aromatic nitrogens is 1. The molecule has 0 aliphatic carbocycles. The number of carbonyl (C=O) groups excluding carboxylic acids is 2. The molecule has 0 bridgehead atoms. The van der Waals surface area contributed by atoms with E-state index in [9.17, 15) is 9.59 Å². The van der Waals surface area contributed by atoms with E-state index >= 15 is 0 Å². The van der Waals surface area contributed by atoms with Crippen molar-refractivity contribution in [2.24, 2.45) is 0 Å². The van der Waals surface area contributed by atoms with Crippen LogP contribution in [0.5, 0.6) is 5.75 Å². The van der Waals surface area contributed by atoms with Gasteiger partial charge in [-0.2, -0.15) is 0 Å². The largest absolute Gasteiger partial charge is 0.486 e. The van der Waals surface area contributed by atoms with Gasteiger partial charge in [0.15, 0.2) is 0 Å². The van der Waals surface area contributed by atoms with Crippen LogP contribution in [0, 0.1) is 6.92 Å². The van der Waals surface area contributed by atoms with Crippen LogP contribution in [0.4, 0.5) is 0 Å². The highest BCUT2D eigenvalue weighted by Crippen LogP contribution is 2.19. The van der Waals surface area contributed by atoms with Crippen LogP contribution in [0.25, 0.3) is 0 Å². The molecule has 1 fully saturated rings. The molecule has 7 nitrogen and oxygen atoms in total. The van der Waals surface area contributed by atoms with E-state index in [1.807, 2.05) is 48.5 Å². The molecule has 156 valence electrons. The fourth-order valence-corrected chi connectivity index (χ4v) is 3.72. The van der Waals surface area contributed by atoms with Gasteiger partial charge in [0.05, 0.1) is 25.3 Å². The monoisotopic (exact) mass is 417 g/mol. The lowest BCUT2D eigenvalue weighted by Gasteiger charge is -2.43. The summed E-state index contributed by atoms with van der Waals surface area (Å²) in [7, 11) is 1.88. The molecule has 1 saturated heterocycles. The van der Waals surface area contributed by atoms with Gasteiger partial charge in [0, 0.05) is 24.5 Å². The number of likely N-dealkylation sites (N-methyl/N-ethyl adjacent to an activating group) is 1. The number of ether oxygens (including phenoxy) is 2. The zero-order chi connectivity index (χ0) is 20.8. The van der Waals surface area contributed by atoms with E-state index in [1.54, 1.807) is 11.8 Å². The second-order valence-electron chi connectivity index (χ2n) is 7.18. The van der Waals surface area contributed by atoms with Crippen molar-refractivity contribution in [3.63, 3.8) is 0 Å². The summed E-state index contributed by atoms with van der Waals surface area (Å²) in [6.07, 6.45) is 0.287. The molecule has 1 aliphatic heterocycles. The Morgan fingerprint density at radius 3 is 2.69 bits per heavy atom. The molecule has 0 saturated carbocycles. The van der Waals surface area contributed by atoms with Gasteiger partial charge in [-0.15, -0.1) is 11.3 Å². The van der Waals surface area contributed by atoms with Gasteiger partial charge in [0.1, 0.15) is 17.4 Å². The molecule has 0 radical (unpaired) electrons. The summed E-state index contributed by atoms with van der Waals surface area (Å²) in [4.78, 5) is 32.3. The molecule has 0 unspecified atom stereocenters. The first-order chi connectivity index (χ1) is 13.9. The van der Waals surface area contributed by atoms with E-state index < -0.39 is 0 Å². The number of rotatable bonds is 9. The minimum Gasteiger partial charge on any atom is -0.486 e. The van der Waals surface area contributed by atoms with Crippen LogP contribution in [0.3, 0.4) is 0 Å². The van der Waals surface area contributed by atoms with Crippen LogP contribution in [0.1, 0.15) is 23.2 Å². The molecule has 1 aromatic carbocycles. The number of hydrogen-bond donors (Lipinski definition) is 0. The molecule has 0 N–H and O–H groups in total. The van der Waals surface area contributed by atoms with Crippen LogP contribution in [-0.2, 0) is 27.4 Å². The minimum atomic E-state index is -0.234. The van der Waals surface area contributed by atoms with Gasteiger partial charge in [-0.1, -0.05) is 17.7 Å². The van der Waals surface area contributed by atoms with E-state index in [1.165, 1.54) is 16.9 Å². The number of esters is 1. The third-order valence-electron chi connectivity index (χ3n) is 4.84. The molecule has 0 spiro atoms. The van der Waals surface area contributed by atoms with E-state index in [0.29, 0.717) is 26.3 Å². The van der Waals surface area contributed by atoms with Gasteiger partial charge in [-0.25, -0.2) is 4.98 Å². The summed E-state index contributed by atoms with van der Waals surface area (Å²) in [6.45, 7) is 6.11. The molecule has 1 aliphatic rings. The number of hydrogen-bond acceptors (Lipinski definition) is 7. The Hall–Kier alpha value is -2.45. The molecule has 2 heterocycles. The predicted molar refractivity (Wildman–Crippen MR) is 111 cm³/mol. The lowest BCUT2D eigenvalue weighted by Crippen LogP contribution is -2.61. The normalized spacial score (nSPS) is 14.0. The van der Waals surface area contributed by atoms with Crippen molar-refractivity contribution < 1.29 is 19.1 Å². The van der Waals surface area contributed by atoms with E-state index in [0.717, 1.165) is 16.5 Å². The Bertz CT molecular complexity index is 831. The highest BCUT2D eigenvalue weighted by molar-refractivity contribution is 7.09. The number of benzene rings is 1. The predicted octanol–water partition coefficient (Wildman–Crippen LogP) is 2.28. The number of nitrogens with zero attached hydrogens (tertiary/aromatic N) is 3. The number of likely N-dealkylation sites (tertiary alicyclic amines) is 1. The SMILES string of the molecule is CCOC(=O)CN(C)C1CN(C(=O)Cc2csc(COc3ccc(C)cc3)n2)C1. The molecule has 1 amide bonds. The molecular weight excluding hydrogens is 390 g/mol. The molecular formula is C21H27N3O4S. The smallest absolute Gasteiger partial charge is 0.320 e. The second-order valence-corrected chi connectivity index (χ2v) is 8.13. The van der Waals surface area contributed by atoms with Crippen molar-refractivity contribution in [1.29, 1.82) is 0 Å². The fourth-order valence-electron chi connectivity index (χ4n) is 3.02. The Balaban J connectivity index is 1.40. The first-order valence-corrected chi connectivity index (χ1v) is 10.6. The van der Waals surface area contributed by atoms with Crippen LogP contribution in [-0.4, -0.2) is 66.0 Å². The summed E-state index contributed by atoms with van der Waals surface area (Å²) in [6, 6.07) is 8.08. The molecule has 1 aromatic heterocycles. The van der Waals surface area contributed by atoms with E-state index in [2.05, 4.69) is 4.98 Å². The molecule has 0 atom stereocenters. The summed E-state index contributed by atoms with van der Waals surface area (Å²) in [5, 5.41) is 2.76. The van der Waals surface area contributed by atoms with Crippen molar-refractivity contribution in [3.8, 4) is 5.75 Å². The van der Waals surface area contributed by atoms with Gasteiger partial charge in [-0.05, 0) is 33.0 Å². The lowest BCUT2D eigenvalue weighted by atomic mass is 10.1. The molecule has 3 rings (SSSR count). The minimum absolute atomic E-state index is 0.0575. The number of aryl methyl sites for hydroxylation is 1. The Morgan fingerprint density at radius 1 is 1.28 bits per heavy atom. The van der Waals surface area contributed by atoms with Crippen molar-refractivity contribution in [3.05, 3.63) is 45.9 Å². The van der Waals surface area contributed by atoms with Crippen molar-refractivity contribution >= 4 is 23.2 Å². The molecule has 8 heteroatoms. The maximum atomic E-state index is 12.5. The Labute approximate surface area is 175 Å². The standard InChI is InChI=1S/C21H27N3O4S/c1-4-27-21(26)12-23(3)17-10-24(11-17)20(25)9-16-14-29-19(22-16)13-28-18-7-5-15(2)6-8-18/h5-8,14,17H,4,9-13H2,1-3H3. The quantitative estimate of drug-likeness (QED) is 0.583. The van der Waals surface area contributed by atoms with Crippen molar-refractivity contribution in [2.45, 2.75) is 32.9 Å². The maximum absolute atomic E-state index is 12.5. The van der Waals surface area contributed by atoms with Crippen LogP contribution in [0.2, 0.25) is 0 Å². The van der Waals surface area contributed by atoms with Gasteiger partial charge < -0.3 is 14.4 Å². The van der Waals surface area contributed by atoms with Gasteiger partial charge in [-0.3, -0.25) is 14.5 Å². The fraction of sp³-hybridized carbons (Fsp3) is 0.476. The van der Waals surface area contributed by atoms with Crippen molar-refractivity contribution in [1.82, 2.24) is 14.8 Å². The van der Waals surface area contributed by atoms with Gasteiger partial charge in [0.2, 0.25) is 5.91 Å². The first kappa shape index (κ1) is 21.3. The molecule has 2 aromatic rings. The van der Waals surface area contributed by atoms with Crippen LogP contribution in [0.15, 0.2) is 29.6 Å². The van der Waals surface area contributed by atoms with Crippen molar-refractivity contribution in [2.75, 3.05) is 33.3 Å². The average Bonchev–Trinajstić information content (AvgIpc) is 3.07. The van der Waals surface area contributed by atoms with E-state index in [-0.39, 0.29) is 30.9 Å². The summed E-state index contributed by atoms with van der Waals surface area (Å²) < 4.78 is 10.7. The third-order valence-corrected chi connectivity index (χ3v) is 5.71. The van der Waals surface area contributed by atoms with Crippen LogP contribution >= 0.6 is 11.3 Å². The Kier molecular flexibility index (Phi) is 7.22. The third kappa shape index (κ3) is 6.01. The van der Waals surface area contributed by atoms with Crippen LogP contribution < -0.4 is 4.74 Å². The van der Waals surface area contributed by atoms with Gasteiger partial charge >= 0.3 is 5.97 Å². The second kappa shape index (κ2) is 9.84. The topological polar surface area (TPSA) is 72.0 Å². The number of amides is 1. The summed E-state index contributed by atoms with van der Waals surface area (Å²) >= 11 is 1.50. The van der Waals surface area contributed by atoms with Gasteiger partial charge in [0.25, 0.3) is 0 Å². The number of carbonyl (C=O) groups is 2. The zero-order valence-electron chi connectivity index (χ0n) is 17.1. The summed E-state index contributed by atoms with van der Waals surface area (Å²) in [5.41, 5.74) is 1.96. The lowest BCUT2D eigenvalue weighted by molar-refractivity contribution is -0.146. The number of thiazole rings is 1. The first-order valence-electron chi connectivity index (χ1n) is 9.71. The van der Waals surface area contributed by atoms with E-state index in [4.69, 9.17) is 9.47 Å². The zero-order valence-corrected chi connectivity index (χ0v) is 17.9. The molecule has 29 heavy (non-hydrogen) atoms. The maximum Gasteiger partial charge on any atom is 0.320 e. The Morgan fingerprint density at radius 2 is 2.00 bits per heavy atom. The summed E-state index contributed by atoms with van der Waals surface area (Å²) in [5.74, 6) is 0.631. The highest BCUT2D eigenvalue weighted by Gasteiger charge is 2.34. The average molecular weight is 418 g/mol. The highest BCUT2D eigenvalue weighted by atomic mass is 32.1.